The minimum atomic E-state index is -0.406. The highest BCUT2D eigenvalue weighted by Crippen LogP contribution is 2.15. The smallest absolute Gasteiger partial charge is 0.277 e. The highest BCUT2D eigenvalue weighted by molar-refractivity contribution is 6.30. The second-order valence-electron chi connectivity index (χ2n) is 6.11. The maximum atomic E-state index is 11.9. The van der Waals surface area contributed by atoms with Gasteiger partial charge in [0.05, 0.1) is 19.6 Å². The van der Waals surface area contributed by atoms with Gasteiger partial charge >= 0.3 is 0 Å². The molecule has 0 saturated carbocycles. The van der Waals surface area contributed by atoms with Crippen LogP contribution < -0.4 is 15.5 Å². The van der Waals surface area contributed by atoms with Crippen LogP contribution in [0.5, 0.6) is 5.75 Å². The monoisotopic (exact) mass is 396 g/mol. The summed E-state index contributed by atoms with van der Waals surface area (Å²) in [5, 5.41) is 7.36. The number of rotatable bonds is 9. The van der Waals surface area contributed by atoms with Gasteiger partial charge in [-0.2, -0.15) is 5.10 Å². The number of benzene rings is 1. The summed E-state index contributed by atoms with van der Waals surface area (Å²) >= 11 is 5.78. The second kappa shape index (κ2) is 11.5. The fourth-order valence-electron chi connectivity index (χ4n) is 2.38. The summed E-state index contributed by atoms with van der Waals surface area (Å²) in [6.45, 7) is 6.13. The molecule has 2 N–H and O–H groups in total. The zero-order valence-corrected chi connectivity index (χ0v) is 16.1. The van der Waals surface area contributed by atoms with Gasteiger partial charge in [0.15, 0.2) is 6.61 Å². The van der Waals surface area contributed by atoms with Crippen LogP contribution in [0.4, 0.5) is 0 Å². The summed E-state index contributed by atoms with van der Waals surface area (Å²) in [5.41, 5.74) is 2.89. The summed E-state index contributed by atoms with van der Waals surface area (Å²) in [5.74, 6) is 0.00287. The van der Waals surface area contributed by atoms with Crippen molar-refractivity contribution in [1.29, 1.82) is 0 Å². The normalized spacial score (nSPS) is 15.3. The molecule has 1 aliphatic rings. The fourth-order valence-corrected chi connectivity index (χ4v) is 2.51. The molecule has 0 aromatic heterocycles. The van der Waals surface area contributed by atoms with Gasteiger partial charge in [0.1, 0.15) is 5.75 Å². The van der Waals surface area contributed by atoms with Crippen molar-refractivity contribution in [3.63, 3.8) is 0 Å². The molecule has 1 saturated heterocycles. The number of ether oxygens (including phenoxy) is 2. The molecule has 1 heterocycles. The predicted molar refractivity (Wildman–Crippen MR) is 103 cm³/mol. The summed E-state index contributed by atoms with van der Waals surface area (Å²) in [6.07, 6.45) is 0.126. The lowest BCUT2D eigenvalue weighted by atomic mass is 10.3. The first-order valence-corrected chi connectivity index (χ1v) is 9.18. The van der Waals surface area contributed by atoms with E-state index in [1.807, 2.05) is 0 Å². The number of carbonyl (C=O) groups excluding carboxylic acids is 2. The maximum absolute atomic E-state index is 11.9. The lowest BCUT2D eigenvalue weighted by molar-refractivity contribution is -0.123. The van der Waals surface area contributed by atoms with Crippen molar-refractivity contribution >= 4 is 29.1 Å². The van der Waals surface area contributed by atoms with Gasteiger partial charge in [0.25, 0.3) is 5.91 Å². The van der Waals surface area contributed by atoms with E-state index < -0.39 is 5.91 Å². The van der Waals surface area contributed by atoms with E-state index in [-0.39, 0.29) is 18.9 Å². The largest absolute Gasteiger partial charge is 0.484 e. The number of morpholine rings is 1. The Balaban J connectivity index is 1.60. The van der Waals surface area contributed by atoms with Gasteiger partial charge in [-0.25, -0.2) is 5.43 Å². The van der Waals surface area contributed by atoms with Crippen LogP contribution in [0.1, 0.15) is 13.3 Å². The molecule has 2 amide bonds. The highest BCUT2D eigenvalue weighted by Gasteiger charge is 2.10. The van der Waals surface area contributed by atoms with Crippen molar-refractivity contribution in [3.8, 4) is 5.75 Å². The first-order valence-electron chi connectivity index (χ1n) is 8.80. The molecule has 0 aliphatic carbocycles. The van der Waals surface area contributed by atoms with Crippen molar-refractivity contribution in [1.82, 2.24) is 15.6 Å². The van der Waals surface area contributed by atoms with E-state index in [4.69, 9.17) is 21.1 Å². The van der Waals surface area contributed by atoms with Crippen LogP contribution in [0.25, 0.3) is 0 Å². The van der Waals surface area contributed by atoms with E-state index in [1.165, 1.54) is 0 Å². The Hall–Kier alpha value is -2.16. The third-order valence-electron chi connectivity index (χ3n) is 3.83. The van der Waals surface area contributed by atoms with Crippen LogP contribution in [0.3, 0.4) is 0 Å². The van der Waals surface area contributed by atoms with Gasteiger partial charge in [-0.15, -0.1) is 0 Å². The lowest BCUT2D eigenvalue weighted by Gasteiger charge is -2.26. The number of halogens is 1. The molecule has 0 spiro atoms. The van der Waals surface area contributed by atoms with Gasteiger partial charge in [-0.3, -0.25) is 14.5 Å². The van der Waals surface area contributed by atoms with Crippen molar-refractivity contribution < 1.29 is 19.1 Å². The molecular weight excluding hydrogens is 372 g/mol. The fraction of sp³-hybridized carbons (Fsp3) is 0.500. The average Bonchev–Trinajstić information content (AvgIpc) is 2.67. The van der Waals surface area contributed by atoms with Crippen LogP contribution in [-0.2, 0) is 14.3 Å². The van der Waals surface area contributed by atoms with E-state index in [0.717, 1.165) is 32.8 Å². The van der Waals surface area contributed by atoms with Crippen LogP contribution in [0, 0.1) is 0 Å². The number of carbonyl (C=O) groups is 2. The van der Waals surface area contributed by atoms with Crippen molar-refractivity contribution in [2.45, 2.75) is 13.3 Å². The number of nitrogens with one attached hydrogen (secondary N) is 2. The molecular formula is C18H25ClN4O4. The number of hydrazone groups is 1. The van der Waals surface area contributed by atoms with Crippen molar-refractivity contribution in [2.75, 3.05) is 46.0 Å². The van der Waals surface area contributed by atoms with Gasteiger partial charge in [-0.05, 0) is 31.2 Å². The van der Waals surface area contributed by atoms with Crippen molar-refractivity contribution in [3.05, 3.63) is 29.3 Å². The van der Waals surface area contributed by atoms with Gasteiger partial charge in [0, 0.05) is 36.9 Å². The van der Waals surface area contributed by atoms with Crippen LogP contribution in [0.15, 0.2) is 29.4 Å². The molecule has 2 rings (SSSR count). The second-order valence-corrected chi connectivity index (χ2v) is 6.54. The molecule has 0 atom stereocenters. The summed E-state index contributed by atoms with van der Waals surface area (Å²) in [6, 6.07) is 6.69. The number of hydrogen-bond donors (Lipinski definition) is 2. The third-order valence-corrected chi connectivity index (χ3v) is 4.08. The average molecular weight is 397 g/mol. The van der Waals surface area contributed by atoms with Crippen LogP contribution in [-0.4, -0.2) is 68.4 Å². The first kappa shape index (κ1) is 21.1. The summed E-state index contributed by atoms with van der Waals surface area (Å²) in [7, 11) is 0. The van der Waals surface area contributed by atoms with E-state index in [2.05, 4.69) is 20.7 Å². The quantitative estimate of drug-likeness (QED) is 0.481. The third kappa shape index (κ3) is 8.85. The molecule has 148 valence electrons. The molecule has 0 radical (unpaired) electrons. The minimum Gasteiger partial charge on any atom is -0.484 e. The van der Waals surface area contributed by atoms with E-state index >= 15 is 0 Å². The van der Waals surface area contributed by atoms with Gasteiger partial charge in [-0.1, -0.05) is 11.6 Å². The molecule has 1 fully saturated rings. The number of hydrogen-bond acceptors (Lipinski definition) is 6. The molecule has 1 aliphatic heterocycles. The Morgan fingerprint density at radius 2 is 1.93 bits per heavy atom. The summed E-state index contributed by atoms with van der Waals surface area (Å²) < 4.78 is 10.6. The van der Waals surface area contributed by atoms with E-state index in [0.29, 0.717) is 23.0 Å². The standard InChI is InChI=1S/C18H25ClN4O4/c1-14(12-17(24)20-6-7-23-8-10-26-11-9-23)21-22-18(25)13-27-16-4-2-15(19)3-5-16/h2-5H,6-13H2,1H3,(H,20,24)(H,22,25)/b21-14-. The SMILES string of the molecule is C/C(CC(=O)NCCN1CCOCC1)=N/NC(=O)COc1ccc(Cl)cc1. The molecule has 27 heavy (non-hydrogen) atoms. The zero-order valence-electron chi connectivity index (χ0n) is 15.4. The van der Waals surface area contributed by atoms with Crippen molar-refractivity contribution in [2.24, 2.45) is 5.10 Å². The highest BCUT2D eigenvalue weighted by atomic mass is 35.5. The molecule has 8 nitrogen and oxygen atoms in total. The van der Waals surface area contributed by atoms with Crippen LogP contribution in [0.2, 0.25) is 5.02 Å². The maximum Gasteiger partial charge on any atom is 0.277 e. The van der Waals surface area contributed by atoms with Crippen LogP contribution >= 0.6 is 11.6 Å². The lowest BCUT2D eigenvalue weighted by Crippen LogP contribution is -2.41. The Morgan fingerprint density at radius 1 is 1.22 bits per heavy atom. The van der Waals surface area contributed by atoms with Gasteiger partial charge < -0.3 is 14.8 Å². The zero-order chi connectivity index (χ0) is 19.5. The molecule has 1 aromatic rings. The summed E-state index contributed by atoms with van der Waals surface area (Å²) in [4.78, 5) is 25.9. The first-order chi connectivity index (χ1) is 13.0. The molecule has 9 heteroatoms. The molecule has 1 aromatic carbocycles. The topological polar surface area (TPSA) is 92.3 Å². The Kier molecular flexibility index (Phi) is 9.03. The van der Waals surface area contributed by atoms with E-state index in [9.17, 15) is 9.59 Å². The predicted octanol–water partition coefficient (Wildman–Crippen LogP) is 1.05. The van der Waals surface area contributed by atoms with E-state index in [1.54, 1.807) is 31.2 Å². The number of nitrogens with zero attached hydrogens (tertiary/aromatic N) is 2. The minimum absolute atomic E-state index is 0.126. The number of amides is 2. The molecule has 0 unspecified atom stereocenters. The molecule has 0 bridgehead atoms. The Bertz CT molecular complexity index is 645. The Morgan fingerprint density at radius 3 is 2.63 bits per heavy atom. The Labute approximate surface area is 163 Å². The van der Waals surface area contributed by atoms with Gasteiger partial charge in [0.2, 0.25) is 5.91 Å².